The first-order valence-corrected chi connectivity index (χ1v) is 6.67. The summed E-state index contributed by atoms with van der Waals surface area (Å²) < 4.78 is 18.5. The predicted octanol–water partition coefficient (Wildman–Crippen LogP) is 2.63. The lowest BCUT2D eigenvalue weighted by atomic mass is 9.99. The molecule has 1 aliphatic rings. The molecular formula is C15H20FNO2. The second-order valence-corrected chi connectivity index (χ2v) is 5.21. The smallest absolute Gasteiger partial charge is 0.253 e. The van der Waals surface area contributed by atoms with Crippen molar-refractivity contribution in [3.05, 3.63) is 35.1 Å². The van der Waals surface area contributed by atoms with Gasteiger partial charge in [0.1, 0.15) is 5.82 Å². The van der Waals surface area contributed by atoms with Crippen molar-refractivity contribution >= 4 is 5.91 Å². The quantitative estimate of drug-likeness (QED) is 0.841. The van der Waals surface area contributed by atoms with Crippen molar-refractivity contribution in [1.29, 1.82) is 0 Å². The highest BCUT2D eigenvalue weighted by Crippen LogP contribution is 2.17. The third-order valence-corrected chi connectivity index (χ3v) is 3.62. The number of rotatable bonds is 3. The van der Waals surface area contributed by atoms with E-state index in [-0.39, 0.29) is 11.7 Å². The summed E-state index contributed by atoms with van der Waals surface area (Å²) in [5.74, 6) is 0.183. The van der Waals surface area contributed by atoms with Crippen LogP contribution in [0.5, 0.6) is 0 Å². The number of nitrogens with zero attached hydrogens (tertiary/aromatic N) is 1. The molecular weight excluding hydrogens is 245 g/mol. The van der Waals surface area contributed by atoms with Gasteiger partial charge in [0.2, 0.25) is 0 Å². The number of benzene rings is 1. The van der Waals surface area contributed by atoms with Crippen molar-refractivity contribution in [2.24, 2.45) is 5.92 Å². The van der Waals surface area contributed by atoms with Crippen LogP contribution in [-0.2, 0) is 4.74 Å². The van der Waals surface area contributed by atoms with Crippen LogP contribution in [0.15, 0.2) is 18.2 Å². The maximum atomic E-state index is 13.2. The minimum absolute atomic E-state index is 0.0467. The highest BCUT2D eigenvalue weighted by molar-refractivity contribution is 5.94. The van der Waals surface area contributed by atoms with Gasteiger partial charge >= 0.3 is 0 Å². The van der Waals surface area contributed by atoms with E-state index in [9.17, 15) is 9.18 Å². The Kier molecular flexibility index (Phi) is 4.53. The Morgan fingerprint density at radius 1 is 1.42 bits per heavy atom. The molecule has 1 amide bonds. The van der Waals surface area contributed by atoms with Crippen LogP contribution in [0.2, 0.25) is 0 Å². The van der Waals surface area contributed by atoms with E-state index in [2.05, 4.69) is 0 Å². The van der Waals surface area contributed by atoms with Crippen LogP contribution in [0.4, 0.5) is 4.39 Å². The van der Waals surface area contributed by atoms with Gasteiger partial charge in [-0.15, -0.1) is 0 Å². The minimum atomic E-state index is -0.274. The van der Waals surface area contributed by atoms with Crippen LogP contribution in [0.1, 0.15) is 28.8 Å². The summed E-state index contributed by atoms with van der Waals surface area (Å²) in [5.41, 5.74) is 1.05. The lowest BCUT2D eigenvalue weighted by Gasteiger charge is -2.27. The molecule has 0 unspecified atom stereocenters. The van der Waals surface area contributed by atoms with Crippen molar-refractivity contribution in [2.75, 3.05) is 26.8 Å². The predicted molar refractivity (Wildman–Crippen MR) is 71.6 cm³/mol. The fourth-order valence-corrected chi connectivity index (χ4v) is 2.40. The first-order valence-electron chi connectivity index (χ1n) is 6.67. The molecule has 1 heterocycles. The number of aryl methyl sites for hydroxylation is 1. The molecule has 1 saturated heterocycles. The summed E-state index contributed by atoms with van der Waals surface area (Å²) in [7, 11) is 1.80. The van der Waals surface area contributed by atoms with Crippen LogP contribution in [0.25, 0.3) is 0 Å². The van der Waals surface area contributed by atoms with E-state index >= 15 is 0 Å². The Morgan fingerprint density at radius 3 is 2.74 bits per heavy atom. The van der Waals surface area contributed by atoms with Crippen LogP contribution in [0.3, 0.4) is 0 Å². The fourth-order valence-electron chi connectivity index (χ4n) is 2.40. The van der Waals surface area contributed by atoms with E-state index < -0.39 is 0 Å². The van der Waals surface area contributed by atoms with E-state index in [1.807, 2.05) is 0 Å². The van der Waals surface area contributed by atoms with Gasteiger partial charge in [-0.3, -0.25) is 4.79 Å². The van der Waals surface area contributed by atoms with Crippen LogP contribution >= 0.6 is 0 Å². The molecule has 19 heavy (non-hydrogen) atoms. The average Bonchev–Trinajstić information content (AvgIpc) is 2.42. The molecule has 1 aliphatic heterocycles. The second-order valence-electron chi connectivity index (χ2n) is 5.21. The molecule has 0 atom stereocenters. The third kappa shape index (κ3) is 3.53. The van der Waals surface area contributed by atoms with E-state index in [1.165, 1.54) is 6.07 Å². The van der Waals surface area contributed by atoms with Gasteiger partial charge in [-0.25, -0.2) is 4.39 Å². The Labute approximate surface area is 113 Å². The summed E-state index contributed by atoms with van der Waals surface area (Å²) in [4.78, 5) is 14.0. The summed E-state index contributed by atoms with van der Waals surface area (Å²) >= 11 is 0. The summed E-state index contributed by atoms with van der Waals surface area (Å²) in [6.07, 6.45) is 2.00. The molecule has 2 rings (SSSR count). The molecule has 4 heteroatoms. The minimum Gasteiger partial charge on any atom is -0.381 e. The molecule has 0 N–H and O–H groups in total. The number of ether oxygens (including phenoxy) is 1. The topological polar surface area (TPSA) is 29.5 Å². The number of carbonyl (C=O) groups excluding carboxylic acids is 1. The number of hydrogen-bond acceptors (Lipinski definition) is 2. The summed E-state index contributed by atoms with van der Waals surface area (Å²) in [5, 5.41) is 0. The highest BCUT2D eigenvalue weighted by Gasteiger charge is 2.19. The van der Waals surface area contributed by atoms with Gasteiger partial charge < -0.3 is 9.64 Å². The highest BCUT2D eigenvalue weighted by atomic mass is 19.1. The lowest BCUT2D eigenvalue weighted by Crippen LogP contribution is -2.34. The fraction of sp³-hybridized carbons (Fsp3) is 0.533. The Bertz CT molecular complexity index is 455. The zero-order chi connectivity index (χ0) is 13.8. The van der Waals surface area contributed by atoms with Gasteiger partial charge in [0.25, 0.3) is 5.91 Å². The van der Waals surface area contributed by atoms with Crippen molar-refractivity contribution < 1.29 is 13.9 Å². The molecule has 1 fully saturated rings. The molecule has 0 bridgehead atoms. The van der Waals surface area contributed by atoms with Gasteiger partial charge in [0.05, 0.1) is 0 Å². The largest absolute Gasteiger partial charge is 0.381 e. The van der Waals surface area contributed by atoms with E-state index in [0.29, 0.717) is 17.0 Å². The molecule has 1 aromatic rings. The van der Waals surface area contributed by atoms with Gasteiger partial charge in [0.15, 0.2) is 0 Å². The number of amides is 1. The van der Waals surface area contributed by atoms with Crippen molar-refractivity contribution in [3.63, 3.8) is 0 Å². The molecule has 104 valence electrons. The first kappa shape index (κ1) is 14.0. The average molecular weight is 265 g/mol. The maximum absolute atomic E-state index is 13.2. The zero-order valence-corrected chi connectivity index (χ0v) is 11.5. The molecule has 0 spiro atoms. The van der Waals surface area contributed by atoms with E-state index in [4.69, 9.17) is 4.74 Å². The van der Waals surface area contributed by atoms with E-state index in [0.717, 1.165) is 32.6 Å². The van der Waals surface area contributed by atoms with E-state index in [1.54, 1.807) is 31.0 Å². The van der Waals surface area contributed by atoms with Gasteiger partial charge in [0, 0.05) is 32.4 Å². The second kappa shape index (κ2) is 6.15. The Hall–Kier alpha value is -1.42. The normalized spacial score (nSPS) is 16.4. The Morgan fingerprint density at radius 2 is 2.11 bits per heavy atom. The van der Waals surface area contributed by atoms with Gasteiger partial charge in [-0.1, -0.05) is 0 Å². The van der Waals surface area contributed by atoms with Crippen LogP contribution in [-0.4, -0.2) is 37.6 Å². The molecule has 0 aliphatic carbocycles. The molecule has 0 aromatic heterocycles. The van der Waals surface area contributed by atoms with Crippen molar-refractivity contribution in [1.82, 2.24) is 4.90 Å². The zero-order valence-electron chi connectivity index (χ0n) is 11.5. The van der Waals surface area contributed by atoms with Crippen LogP contribution < -0.4 is 0 Å². The van der Waals surface area contributed by atoms with Crippen molar-refractivity contribution in [3.8, 4) is 0 Å². The Balaban J connectivity index is 1.99. The number of hydrogen-bond donors (Lipinski definition) is 0. The third-order valence-electron chi connectivity index (χ3n) is 3.62. The molecule has 0 saturated carbocycles. The van der Waals surface area contributed by atoms with Crippen molar-refractivity contribution in [2.45, 2.75) is 19.8 Å². The van der Waals surface area contributed by atoms with Crippen LogP contribution in [0, 0.1) is 18.7 Å². The lowest BCUT2D eigenvalue weighted by molar-refractivity contribution is 0.0497. The van der Waals surface area contributed by atoms with Gasteiger partial charge in [-0.05, 0) is 49.4 Å². The summed E-state index contributed by atoms with van der Waals surface area (Å²) in [6.45, 7) is 3.97. The first-order chi connectivity index (χ1) is 9.08. The SMILES string of the molecule is Cc1cc(C(=O)N(C)CC2CCOCC2)ccc1F. The molecule has 3 nitrogen and oxygen atoms in total. The molecule has 0 radical (unpaired) electrons. The van der Waals surface area contributed by atoms with Gasteiger partial charge in [-0.2, -0.15) is 0 Å². The standard InChI is InChI=1S/C15H20FNO2/c1-11-9-13(3-4-14(11)16)15(18)17(2)10-12-5-7-19-8-6-12/h3-4,9,12H,5-8,10H2,1-2H3. The maximum Gasteiger partial charge on any atom is 0.253 e. The number of carbonyl (C=O) groups is 1. The molecule has 1 aromatic carbocycles. The number of halogens is 1. The summed E-state index contributed by atoms with van der Waals surface area (Å²) in [6, 6.07) is 4.51. The monoisotopic (exact) mass is 265 g/mol.